The van der Waals surface area contributed by atoms with Crippen molar-refractivity contribution in [3.05, 3.63) is 88.7 Å². The van der Waals surface area contributed by atoms with Crippen LogP contribution in [0.25, 0.3) is 5.57 Å². The van der Waals surface area contributed by atoms with Crippen molar-refractivity contribution in [2.75, 3.05) is 11.4 Å². The molecule has 0 spiro atoms. The van der Waals surface area contributed by atoms with E-state index >= 15 is 4.39 Å². The first-order valence-corrected chi connectivity index (χ1v) is 11.5. The summed E-state index contributed by atoms with van der Waals surface area (Å²) in [5.41, 5.74) is 4.17. The van der Waals surface area contributed by atoms with Gasteiger partial charge in [0.15, 0.2) is 0 Å². The monoisotopic (exact) mass is 462 g/mol. The van der Waals surface area contributed by atoms with E-state index in [1.54, 1.807) is 18.3 Å². The molecule has 0 amide bonds. The third-order valence-corrected chi connectivity index (χ3v) is 6.11. The molecule has 0 aromatic heterocycles. The Balaban J connectivity index is 1.57. The van der Waals surface area contributed by atoms with E-state index in [0.717, 1.165) is 29.8 Å². The SMILES string of the molecule is CCCN1c2cc(F)c(C=Nc3ccc(Oc4ccccc4Cl)cc3)cc2C(C)=CC1(C)C. The standard InChI is InChI=1S/C28H28ClFN2O/c1-5-14-32-26-16-25(30)20(15-23(26)19(2)17-28(32,3)4)18-31-21-10-12-22(13-11-21)33-27-9-7-6-8-24(27)29/h6-13,15-18H,5,14H2,1-4H3. The number of aliphatic imine (C=N–C) groups is 1. The van der Waals surface area contributed by atoms with Gasteiger partial charge in [-0.25, -0.2) is 4.39 Å². The van der Waals surface area contributed by atoms with Crippen molar-refractivity contribution < 1.29 is 9.13 Å². The van der Waals surface area contributed by atoms with Gasteiger partial charge >= 0.3 is 0 Å². The lowest BCUT2D eigenvalue weighted by atomic mass is 9.87. The lowest BCUT2D eigenvalue weighted by Gasteiger charge is -2.43. The summed E-state index contributed by atoms with van der Waals surface area (Å²) in [5, 5.41) is 0.549. The van der Waals surface area contributed by atoms with Gasteiger partial charge < -0.3 is 9.64 Å². The molecule has 0 unspecified atom stereocenters. The minimum absolute atomic E-state index is 0.150. The first-order chi connectivity index (χ1) is 15.8. The number of rotatable bonds is 6. The zero-order valence-corrected chi connectivity index (χ0v) is 20.2. The van der Waals surface area contributed by atoms with Crippen LogP contribution in [0.5, 0.6) is 11.5 Å². The lowest BCUT2D eigenvalue weighted by Crippen LogP contribution is -2.45. The predicted molar refractivity (Wildman–Crippen MR) is 137 cm³/mol. The summed E-state index contributed by atoms with van der Waals surface area (Å²) in [6.07, 6.45) is 4.83. The number of ether oxygens (including phenoxy) is 1. The Bertz CT molecular complexity index is 1220. The summed E-state index contributed by atoms with van der Waals surface area (Å²) in [5.74, 6) is 0.972. The van der Waals surface area contributed by atoms with E-state index in [-0.39, 0.29) is 11.4 Å². The van der Waals surface area contributed by atoms with Gasteiger partial charge in [-0.3, -0.25) is 4.99 Å². The third kappa shape index (κ3) is 4.96. The van der Waals surface area contributed by atoms with Crippen LogP contribution in [0, 0.1) is 5.82 Å². The van der Waals surface area contributed by atoms with E-state index < -0.39 is 0 Å². The van der Waals surface area contributed by atoms with Gasteiger partial charge in [0.1, 0.15) is 17.3 Å². The molecule has 1 aliphatic rings. The maximum absolute atomic E-state index is 15.0. The van der Waals surface area contributed by atoms with Gasteiger partial charge in [-0.1, -0.05) is 36.7 Å². The van der Waals surface area contributed by atoms with Crippen molar-refractivity contribution in [1.82, 2.24) is 0 Å². The van der Waals surface area contributed by atoms with Gasteiger partial charge in [0.05, 0.1) is 16.2 Å². The lowest BCUT2D eigenvalue weighted by molar-refractivity contribution is 0.483. The summed E-state index contributed by atoms with van der Waals surface area (Å²) in [6.45, 7) is 9.44. The van der Waals surface area contributed by atoms with Crippen LogP contribution in [-0.4, -0.2) is 18.3 Å². The van der Waals surface area contributed by atoms with Crippen LogP contribution in [0.3, 0.4) is 0 Å². The van der Waals surface area contributed by atoms with E-state index in [9.17, 15) is 0 Å². The molecule has 0 fully saturated rings. The summed E-state index contributed by atoms with van der Waals surface area (Å²) in [7, 11) is 0. The van der Waals surface area contributed by atoms with Gasteiger partial charge in [-0.05, 0) is 81.3 Å². The summed E-state index contributed by atoms with van der Waals surface area (Å²) < 4.78 is 20.9. The van der Waals surface area contributed by atoms with Gasteiger partial charge in [-0.2, -0.15) is 0 Å². The molecular weight excluding hydrogens is 435 g/mol. The van der Waals surface area contributed by atoms with Crippen LogP contribution in [-0.2, 0) is 0 Å². The van der Waals surface area contributed by atoms with Crippen LogP contribution in [0.1, 0.15) is 45.2 Å². The normalized spacial score (nSPS) is 14.8. The van der Waals surface area contributed by atoms with Gasteiger partial charge in [-0.15, -0.1) is 0 Å². The first-order valence-electron chi connectivity index (χ1n) is 11.2. The molecule has 0 saturated carbocycles. The van der Waals surface area contributed by atoms with E-state index in [4.69, 9.17) is 16.3 Å². The second-order valence-corrected chi connectivity index (χ2v) is 9.22. The number of hydrogen-bond acceptors (Lipinski definition) is 3. The second-order valence-electron chi connectivity index (χ2n) is 8.81. The van der Waals surface area contributed by atoms with Crippen molar-refractivity contribution in [1.29, 1.82) is 0 Å². The number of anilines is 1. The Labute approximate surface area is 200 Å². The maximum Gasteiger partial charge on any atom is 0.146 e. The van der Waals surface area contributed by atoms with E-state index in [2.05, 4.69) is 43.7 Å². The number of benzene rings is 3. The highest BCUT2D eigenvalue weighted by atomic mass is 35.5. The van der Waals surface area contributed by atoms with Crippen molar-refractivity contribution in [2.24, 2.45) is 4.99 Å². The molecule has 4 rings (SSSR count). The summed E-state index contributed by atoms with van der Waals surface area (Å²) in [6, 6.07) is 18.1. The van der Waals surface area contributed by atoms with Crippen LogP contribution in [0.15, 0.2) is 71.7 Å². The molecule has 3 aromatic rings. The van der Waals surface area contributed by atoms with Crippen molar-refractivity contribution in [3.8, 4) is 11.5 Å². The van der Waals surface area contributed by atoms with Crippen molar-refractivity contribution in [2.45, 2.75) is 39.7 Å². The fourth-order valence-electron chi connectivity index (χ4n) is 4.24. The average Bonchev–Trinajstić information content (AvgIpc) is 2.78. The second kappa shape index (κ2) is 9.40. The number of nitrogens with zero attached hydrogens (tertiary/aromatic N) is 2. The number of hydrogen-bond donors (Lipinski definition) is 0. The Morgan fingerprint density at radius 3 is 2.52 bits per heavy atom. The van der Waals surface area contributed by atoms with E-state index in [0.29, 0.717) is 27.8 Å². The maximum atomic E-state index is 15.0. The topological polar surface area (TPSA) is 24.8 Å². The quantitative estimate of drug-likeness (QED) is 0.343. The molecule has 3 aromatic carbocycles. The highest BCUT2D eigenvalue weighted by Gasteiger charge is 2.31. The predicted octanol–water partition coefficient (Wildman–Crippen LogP) is 8.43. The molecule has 0 N–H and O–H groups in total. The Morgan fingerprint density at radius 2 is 1.82 bits per heavy atom. The Morgan fingerprint density at radius 1 is 1.09 bits per heavy atom. The fourth-order valence-corrected chi connectivity index (χ4v) is 4.42. The highest BCUT2D eigenvalue weighted by Crippen LogP contribution is 2.40. The van der Waals surface area contributed by atoms with Crippen molar-refractivity contribution >= 4 is 34.8 Å². The smallest absolute Gasteiger partial charge is 0.146 e. The zero-order chi connectivity index (χ0) is 23.6. The molecule has 0 atom stereocenters. The van der Waals surface area contributed by atoms with E-state index in [1.165, 1.54) is 0 Å². The molecule has 170 valence electrons. The molecule has 0 aliphatic carbocycles. The largest absolute Gasteiger partial charge is 0.456 e. The molecule has 1 heterocycles. The van der Waals surface area contributed by atoms with Gasteiger partial charge in [0.25, 0.3) is 0 Å². The Hall–Kier alpha value is -3.11. The van der Waals surface area contributed by atoms with Gasteiger partial charge in [0, 0.05) is 29.6 Å². The Kier molecular flexibility index (Phi) is 6.57. The highest BCUT2D eigenvalue weighted by molar-refractivity contribution is 6.32. The molecule has 0 bridgehead atoms. The molecule has 0 saturated heterocycles. The minimum atomic E-state index is -0.275. The molecule has 3 nitrogen and oxygen atoms in total. The summed E-state index contributed by atoms with van der Waals surface area (Å²) in [4.78, 5) is 6.76. The first kappa shape index (κ1) is 23.1. The van der Waals surface area contributed by atoms with E-state index in [1.807, 2.05) is 48.5 Å². The molecule has 5 heteroatoms. The van der Waals surface area contributed by atoms with Crippen LogP contribution in [0.4, 0.5) is 15.8 Å². The fraction of sp³-hybridized carbons (Fsp3) is 0.250. The van der Waals surface area contributed by atoms with Crippen LogP contribution >= 0.6 is 11.6 Å². The molecule has 33 heavy (non-hydrogen) atoms. The average molecular weight is 463 g/mol. The molecule has 1 aliphatic heterocycles. The molecular formula is C28H28ClFN2O. The zero-order valence-electron chi connectivity index (χ0n) is 19.4. The number of fused-ring (bicyclic) bond motifs is 1. The van der Waals surface area contributed by atoms with Crippen LogP contribution < -0.4 is 9.64 Å². The van der Waals surface area contributed by atoms with Crippen LogP contribution in [0.2, 0.25) is 5.02 Å². The van der Waals surface area contributed by atoms with Gasteiger partial charge in [0.2, 0.25) is 0 Å². The number of para-hydroxylation sites is 1. The van der Waals surface area contributed by atoms with Crippen molar-refractivity contribution in [3.63, 3.8) is 0 Å². The number of allylic oxidation sites excluding steroid dienone is 1. The molecule has 0 radical (unpaired) electrons. The summed E-state index contributed by atoms with van der Waals surface area (Å²) >= 11 is 6.15. The minimum Gasteiger partial charge on any atom is -0.456 e. The third-order valence-electron chi connectivity index (χ3n) is 5.80. The number of halogens is 2.